The Balaban J connectivity index is 2.79. The number of rotatable bonds is 4. The summed E-state index contributed by atoms with van der Waals surface area (Å²) in [4.78, 5) is 0. The molecule has 2 rings (SSSR count). The molecular formula is C13H16ClN3O3. The number of aryl methyl sites for hydroxylation is 1. The van der Waals surface area contributed by atoms with Gasteiger partial charge in [-0.15, -0.1) is 0 Å². The fourth-order valence-electron chi connectivity index (χ4n) is 1.98. The molecule has 1 heterocycles. The molecule has 2 aromatic rings. The van der Waals surface area contributed by atoms with Crippen LogP contribution in [0.5, 0.6) is 17.2 Å². The molecule has 0 aliphatic carbocycles. The van der Waals surface area contributed by atoms with Crippen LogP contribution < -0.4 is 19.9 Å². The molecule has 0 saturated heterocycles. The van der Waals surface area contributed by atoms with E-state index < -0.39 is 0 Å². The van der Waals surface area contributed by atoms with Crippen LogP contribution in [0.25, 0.3) is 11.3 Å². The zero-order valence-electron chi connectivity index (χ0n) is 11.7. The summed E-state index contributed by atoms with van der Waals surface area (Å²) < 4.78 is 17.6. The minimum Gasteiger partial charge on any atom is -0.494 e. The van der Waals surface area contributed by atoms with Crippen molar-refractivity contribution in [3.8, 4) is 28.5 Å². The van der Waals surface area contributed by atoms with Crippen LogP contribution in [0.4, 0.5) is 5.82 Å². The zero-order valence-corrected chi connectivity index (χ0v) is 12.5. The summed E-state index contributed by atoms with van der Waals surface area (Å²) in [5.74, 6) is 1.97. The fraction of sp³-hybridized carbons (Fsp3) is 0.308. The van der Waals surface area contributed by atoms with Crippen molar-refractivity contribution in [3.63, 3.8) is 0 Å². The van der Waals surface area contributed by atoms with Gasteiger partial charge in [-0.3, -0.25) is 4.68 Å². The Hall–Kier alpha value is -2.08. The van der Waals surface area contributed by atoms with E-state index in [9.17, 15) is 0 Å². The van der Waals surface area contributed by atoms with Gasteiger partial charge >= 0.3 is 0 Å². The highest BCUT2D eigenvalue weighted by Crippen LogP contribution is 2.48. The molecule has 7 heteroatoms. The van der Waals surface area contributed by atoms with Crippen LogP contribution in [-0.4, -0.2) is 31.1 Å². The molecule has 6 nitrogen and oxygen atoms in total. The summed E-state index contributed by atoms with van der Waals surface area (Å²) in [5, 5.41) is 4.74. The molecule has 0 amide bonds. The second-order valence-corrected chi connectivity index (χ2v) is 4.49. The van der Waals surface area contributed by atoms with Gasteiger partial charge in [-0.05, 0) is 0 Å². The van der Waals surface area contributed by atoms with Gasteiger partial charge in [-0.25, -0.2) is 0 Å². The second kappa shape index (κ2) is 5.50. The van der Waals surface area contributed by atoms with Crippen molar-refractivity contribution in [1.29, 1.82) is 0 Å². The largest absolute Gasteiger partial charge is 0.494 e. The van der Waals surface area contributed by atoms with Crippen LogP contribution in [0.1, 0.15) is 0 Å². The number of hydrogen-bond donors (Lipinski definition) is 1. The maximum atomic E-state index is 6.21. The van der Waals surface area contributed by atoms with Gasteiger partial charge in [-0.1, -0.05) is 11.6 Å². The van der Waals surface area contributed by atoms with Gasteiger partial charge in [-0.2, -0.15) is 5.10 Å². The van der Waals surface area contributed by atoms with E-state index in [2.05, 4.69) is 5.10 Å². The monoisotopic (exact) mass is 297 g/mol. The minimum absolute atomic E-state index is 0.407. The highest BCUT2D eigenvalue weighted by molar-refractivity contribution is 6.33. The van der Waals surface area contributed by atoms with Gasteiger partial charge in [0.15, 0.2) is 17.2 Å². The smallest absolute Gasteiger partial charge is 0.174 e. The van der Waals surface area contributed by atoms with Crippen molar-refractivity contribution in [1.82, 2.24) is 9.78 Å². The number of nitrogens with zero attached hydrogens (tertiary/aromatic N) is 2. The lowest BCUT2D eigenvalue weighted by molar-refractivity contribution is 0.351. The van der Waals surface area contributed by atoms with Gasteiger partial charge in [0.2, 0.25) is 0 Å². The van der Waals surface area contributed by atoms with E-state index >= 15 is 0 Å². The number of nitrogen functional groups attached to an aromatic ring is 1. The summed E-state index contributed by atoms with van der Waals surface area (Å²) in [6.45, 7) is 0. The Labute approximate surface area is 122 Å². The van der Waals surface area contributed by atoms with Crippen molar-refractivity contribution in [2.24, 2.45) is 7.05 Å². The lowest BCUT2D eigenvalue weighted by Crippen LogP contribution is -1.99. The number of nitrogens with two attached hydrogens (primary N) is 1. The first kappa shape index (κ1) is 14.3. The number of halogens is 1. The second-order valence-electron chi connectivity index (χ2n) is 4.08. The van der Waals surface area contributed by atoms with Gasteiger partial charge in [0, 0.05) is 19.2 Å². The molecule has 20 heavy (non-hydrogen) atoms. The molecule has 1 aromatic heterocycles. The molecule has 108 valence electrons. The molecule has 0 radical (unpaired) electrons. The molecule has 0 spiro atoms. The van der Waals surface area contributed by atoms with E-state index in [1.807, 2.05) is 0 Å². The first-order valence-electron chi connectivity index (χ1n) is 5.81. The van der Waals surface area contributed by atoms with Crippen molar-refractivity contribution < 1.29 is 14.2 Å². The molecule has 0 saturated carbocycles. The van der Waals surface area contributed by atoms with Crippen molar-refractivity contribution in [2.75, 3.05) is 27.1 Å². The Morgan fingerprint density at radius 2 is 1.75 bits per heavy atom. The fourth-order valence-corrected chi connectivity index (χ4v) is 2.25. The Kier molecular flexibility index (Phi) is 3.94. The maximum Gasteiger partial charge on any atom is 0.174 e. The molecule has 2 N–H and O–H groups in total. The number of hydrogen-bond acceptors (Lipinski definition) is 5. The summed E-state index contributed by atoms with van der Waals surface area (Å²) in [6, 6.07) is 3.35. The highest BCUT2D eigenvalue weighted by atomic mass is 35.5. The lowest BCUT2D eigenvalue weighted by Gasteiger charge is -2.16. The molecular weight excluding hydrogens is 282 g/mol. The summed E-state index contributed by atoms with van der Waals surface area (Å²) in [7, 11) is 6.36. The molecule has 0 aliphatic rings. The van der Waals surface area contributed by atoms with Crippen molar-refractivity contribution in [2.45, 2.75) is 0 Å². The number of methoxy groups -OCH3 is 3. The number of anilines is 1. The van der Waals surface area contributed by atoms with Crippen LogP contribution >= 0.6 is 11.6 Å². The number of aromatic nitrogens is 2. The third-order valence-corrected chi connectivity index (χ3v) is 3.23. The summed E-state index contributed by atoms with van der Waals surface area (Å²) in [6.07, 6.45) is 0. The minimum atomic E-state index is 0.407. The maximum absolute atomic E-state index is 6.21. The third kappa shape index (κ3) is 2.22. The van der Waals surface area contributed by atoms with E-state index in [0.717, 1.165) is 0 Å². The number of benzene rings is 1. The van der Waals surface area contributed by atoms with Crippen LogP contribution in [-0.2, 0) is 7.05 Å². The van der Waals surface area contributed by atoms with E-state index in [1.165, 1.54) is 14.2 Å². The Morgan fingerprint density at radius 1 is 1.10 bits per heavy atom. The van der Waals surface area contributed by atoms with E-state index in [1.54, 1.807) is 31.0 Å². The topological polar surface area (TPSA) is 71.5 Å². The van der Waals surface area contributed by atoms with E-state index in [0.29, 0.717) is 39.3 Å². The van der Waals surface area contributed by atoms with E-state index in [-0.39, 0.29) is 0 Å². The SMILES string of the molecule is COc1cc(Cl)c(OC)c(-c2cc(N)n(C)n2)c1OC. The quantitative estimate of drug-likeness (QED) is 0.938. The predicted octanol–water partition coefficient (Wildman–Crippen LogP) is 2.35. The van der Waals surface area contributed by atoms with Gasteiger partial charge < -0.3 is 19.9 Å². The van der Waals surface area contributed by atoms with Crippen LogP contribution in [0.3, 0.4) is 0 Å². The van der Waals surface area contributed by atoms with Crippen LogP contribution in [0, 0.1) is 0 Å². The molecule has 0 bridgehead atoms. The van der Waals surface area contributed by atoms with Crippen molar-refractivity contribution >= 4 is 17.4 Å². The van der Waals surface area contributed by atoms with Crippen molar-refractivity contribution in [3.05, 3.63) is 17.2 Å². The standard InChI is InChI=1S/C13H16ClN3O3/c1-17-10(15)6-8(16-17)11-12(19-3)7(14)5-9(18-2)13(11)20-4/h5-6H,15H2,1-4H3. The molecule has 0 atom stereocenters. The van der Waals surface area contributed by atoms with Gasteiger partial charge in [0.05, 0.1) is 31.9 Å². The molecule has 0 fully saturated rings. The number of ether oxygens (including phenoxy) is 3. The Morgan fingerprint density at radius 3 is 2.20 bits per heavy atom. The zero-order chi connectivity index (χ0) is 14.9. The Bertz CT molecular complexity index is 621. The van der Waals surface area contributed by atoms with Gasteiger partial charge in [0.25, 0.3) is 0 Å². The summed E-state index contributed by atoms with van der Waals surface area (Å²) in [5.41, 5.74) is 7.02. The first-order valence-corrected chi connectivity index (χ1v) is 6.19. The average molecular weight is 298 g/mol. The molecule has 1 aromatic carbocycles. The molecule has 0 unspecified atom stereocenters. The van der Waals surface area contributed by atoms with Crippen LogP contribution in [0.2, 0.25) is 5.02 Å². The normalized spacial score (nSPS) is 10.4. The highest BCUT2D eigenvalue weighted by Gasteiger charge is 2.23. The summed E-state index contributed by atoms with van der Waals surface area (Å²) >= 11 is 6.21. The third-order valence-electron chi connectivity index (χ3n) is 2.95. The lowest BCUT2D eigenvalue weighted by atomic mass is 10.1. The predicted molar refractivity (Wildman–Crippen MR) is 77.7 cm³/mol. The first-order chi connectivity index (χ1) is 9.53. The molecule has 0 aliphatic heterocycles. The van der Waals surface area contributed by atoms with Gasteiger partial charge in [0.1, 0.15) is 11.5 Å². The van der Waals surface area contributed by atoms with Crippen LogP contribution in [0.15, 0.2) is 12.1 Å². The van der Waals surface area contributed by atoms with E-state index in [4.69, 9.17) is 31.5 Å². The average Bonchev–Trinajstić information content (AvgIpc) is 2.76.